The van der Waals surface area contributed by atoms with E-state index in [2.05, 4.69) is 53.5 Å². The van der Waals surface area contributed by atoms with Gasteiger partial charge >= 0.3 is 0 Å². The van der Waals surface area contributed by atoms with E-state index < -0.39 is 10.2 Å². The molecular weight excluding hydrogens is 490 g/mol. The lowest BCUT2D eigenvalue weighted by Crippen LogP contribution is -2.24. The van der Waals surface area contributed by atoms with Gasteiger partial charge in [-0.3, -0.25) is 4.98 Å². The van der Waals surface area contributed by atoms with E-state index in [0.29, 0.717) is 0 Å². The number of hydrogen-bond donors (Lipinski definition) is 2. The monoisotopic (exact) mass is 519 g/mol. The number of hydrogen-bond acceptors (Lipinski definition) is 10. The molecule has 2 N–H and O–H groups in total. The van der Waals surface area contributed by atoms with Gasteiger partial charge in [0.1, 0.15) is 0 Å². The van der Waals surface area contributed by atoms with Gasteiger partial charge in [-0.05, 0) is 38.3 Å². The number of anilines is 2. The standard InChI is InChI=1S/C22H29N5S.2NO3/c1-15(2)8-7-9-16(3)25-21(27-22-23-12-13-28-22)26-20-14-17(4)24-19-11-6-5-10-18(19)20;2*2-1(3)4/h5-6,10-16H,7-9H2,1-4H3,(H2,23,24,25,26,27);;/q;2*-1. The zero-order chi connectivity index (χ0) is 27.1. The normalized spacial score (nSPS) is 11.5. The molecule has 2 heterocycles. The van der Waals surface area contributed by atoms with Crippen molar-refractivity contribution in [2.24, 2.45) is 10.9 Å². The number of benzene rings is 1. The molecule has 0 amide bonds. The Kier molecular flexibility index (Phi) is 13.1. The zero-order valence-corrected chi connectivity index (χ0v) is 21.2. The maximum absolute atomic E-state index is 8.25. The third-order valence-electron chi connectivity index (χ3n) is 4.51. The van der Waals surface area contributed by atoms with Gasteiger partial charge in [-0.2, -0.15) is 0 Å². The fourth-order valence-electron chi connectivity index (χ4n) is 3.13. The SMILES string of the molecule is Cc1cc(NC(=NC(C)CCCC(C)C)Nc2nccs2)c2ccccc2n1.O=[N+]([O-])[O-].O=[N+]([O-])[O-]. The summed E-state index contributed by atoms with van der Waals surface area (Å²) in [6.45, 7) is 8.71. The molecule has 0 bridgehead atoms. The molecule has 0 spiro atoms. The van der Waals surface area contributed by atoms with Gasteiger partial charge in [0, 0.05) is 22.7 Å². The number of aryl methyl sites for hydroxylation is 1. The number of pyridine rings is 1. The summed E-state index contributed by atoms with van der Waals surface area (Å²) < 4.78 is 0. The molecule has 2 aromatic heterocycles. The Balaban J connectivity index is 0.000000709. The van der Waals surface area contributed by atoms with Gasteiger partial charge in [0.15, 0.2) is 5.13 Å². The van der Waals surface area contributed by atoms with Crippen molar-refractivity contribution in [3.63, 3.8) is 0 Å². The van der Waals surface area contributed by atoms with Crippen molar-refractivity contribution < 1.29 is 10.2 Å². The fourth-order valence-corrected chi connectivity index (χ4v) is 3.66. The zero-order valence-electron chi connectivity index (χ0n) is 20.4. The van der Waals surface area contributed by atoms with Crippen LogP contribution in [-0.4, -0.2) is 32.1 Å². The van der Waals surface area contributed by atoms with Crippen molar-refractivity contribution in [2.45, 2.75) is 53.0 Å². The number of aromatic nitrogens is 2. The van der Waals surface area contributed by atoms with E-state index in [-0.39, 0.29) is 6.04 Å². The van der Waals surface area contributed by atoms with Crippen molar-refractivity contribution >= 4 is 39.0 Å². The summed E-state index contributed by atoms with van der Waals surface area (Å²) in [4.78, 5) is 30.4. The van der Waals surface area contributed by atoms with Crippen LogP contribution in [0.25, 0.3) is 10.9 Å². The van der Waals surface area contributed by atoms with Gasteiger partial charge in [0.25, 0.3) is 0 Å². The highest BCUT2D eigenvalue weighted by molar-refractivity contribution is 7.13. The summed E-state index contributed by atoms with van der Waals surface area (Å²) in [5.74, 6) is 1.45. The molecular formula is C22H29N7O6S-2. The Morgan fingerprint density at radius 1 is 1.06 bits per heavy atom. The van der Waals surface area contributed by atoms with Crippen molar-refractivity contribution in [3.05, 3.63) is 78.2 Å². The molecule has 1 aromatic carbocycles. The molecule has 36 heavy (non-hydrogen) atoms. The van der Waals surface area contributed by atoms with Gasteiger partial charge in [0.2, 0.25) is 5.96 Å². The van der Waals surface area contributed by atoms with Crippen LogP contribution >= 0.6 is 11.3 Å². The van der Waals surface area contributed by atoms with Crippen LogP contribution < -0.4 is 10.6 Å². The van der Waals surface area contributed by atoms with Crippen LogP contribution in [0.4, 0.5) is 10.8 Å². The molecule has 14 heteroatoms. The number of fused-ring (bicyclic) bond motifs is 1. The first-order valence-electron chi connectivity index (χ1n) is 11.0. The van der Waals surface area contributed by atoms with Gasteiger partial charge in [-0.15, -0.1) is 11.3 Å². The molecule has 0 saturated carbocycles. The maximum atomic E-state index is 8.25. The van der Waals surface area contributed by atoms with Gasteiger partial charge in [-0.25, -0.2) is 9.98 Å². The first-order chi connectivity index (χ1) is 17.0. The Hall–Kier alpha value is -4.07. The van der Waals surface area contributed by atoms with E-state index in [1.807, 2.05) is 30.5 Å². The van der Waals surface area contributed by atoms with Crippen LogP contribution in [0.15, 0.2) is 46.9 Å². The highest BCUT2D eigenvalue weighted by Gasteiger charge is 2.10. The van der Waals surface area contributed by atoms with Gasteiger partial charge in [-0.1, -0.05) is 44.9 Å². The van der Waals surface area contributed by atoms with Gasteiger partial charge in [0.05, 0.1) is 27.4 Å². The summed E-state index contributed by atoms with van der Waals surface area (Å²) >= 11 is 1.56. The fraction of sp³-hybridized carbons (Fsp3) is 0.409. The van der Waals surface area contributed by atoms with E-state index in [1.165, 1.54) is 12.8 Å². The molecule has 0 radical (unpaired) electrons. The first kappa shape index (κ1) is 30.0. The van der Waals surface area contributed by atoms with E-state index >= 15 is 0 Å². The molecule has 1 unspecified atom stereocenters. The first-order valence-corrected chi connectivity index (χ1v) is 11.9. The number of rotatable bonds is 7. The largest absolute Gasteiger partial charge is 0.356 e. The van der Waals surface area contributed by atoms with Crippen molar-refractivity contribution in [1.82, 2.24) is 9.97 Å². The summed E-state index contributed by atoms with van der Waals surface area (Å²) in [7, 11) is 0. The summed E-state index contributed by atoms with van der Waals surface area (Å²) in [6, 6.07) is 10.4. The molecule has 0 aliphatic carbocycles. The number of para-hydroxylation sites is 1. The van der Waals surface area contributed by atoms with E-state index in [4.69, 9.17) is 35.6 Å². The summed E-state index contributed by atoms with van der Waals surface area (Å²) in [6.07, 6.45) is 5.28. The Labute approximate surface area is 212 Å². The molecule has 13 nitrogen and oxygen atoms in total. The van der Waals surface area contributed by atoms with Crippen LogP contribution in [-0.2, 0) is 0 Å². The van der Waals surface area contributed by atoms with Crippen molar-refractivity contribution in [1.29, 1.82) is 0 Å². The van der Waals surface area contributed by atoms with Crippen LogP contribution in [0.5, 0.6) is 0 Å². The predicted molar refractivity (Wildman–Crippen MR) is 142 cm³/mol. The lowest BCUT2D eigenvalue weighted by atomic mass is 10.0. The molecule has 3 aromatic rings. The number of guanidine groups is 1. The molecule has 0 fully saturated rings. The van der Waals surface area contributed by atoms with E-state index in [0.717, 1.165) is 45.7 Å². The van der Waals surface area contributed by atoms with Crippen LogP contribution in [0.2, 0.25) is 0 Å². The highest BCUT2D eigenvalue weighted by Crippen LogP contribution is 2.23. The number of nitrogens with one attached hydrogen (secondary N) is 2. The molecule has 0 aliphatic rings. The molecule has 0 aliphatic heterocycles. The second-order valence-electron chi connectivity index (χ2n) is 8.01. The van der Waals surface area contributed by atoms with Crippen LogP contribution in [0, 0.1) is 43.5 Å². The predicted octanol–water partition coefficient (Wildman–Crippen LogP) is 5.62. The lowest BCUT2D eigenvalue weighted by Gasteiger charge is -2.16. The van der Waals surface area contributed by atoms with Gasteiger partial charge < -0.3 is 41.3 Å². The smallest absolute Gasteiger partial charge is 0.202 e. The van der Waals surface area contributed by atoms with E-state index in [9.17, 15) is 0 Å². The Morgan fingerprint density at radius 2 is 1.69 bits per heavy atom. The second-order valence-corrected chi connectivity index (χ2v) is 8.91. The average molecular weight is 520 g/mol. The summed E-state index contributed by atoms with van der Waals surface area (Å²) in [5, 5.41) is 40.2. The molecule has 196 valence electrons. The lowest BCUT2D eigenvalue weighted by molar-refractivity contribution is -0.403. The number of thiazole rings is 1. The molecule has 3 rings (SSSR count). The third-order valence-corrected chi connectivity index (χ3v) is 5.20. The van der Waals surface area contributed by atoms with Crippen molar-refractivity contribution in [2.75, 3.05) is 10.6 Å². The second kappa shape index (κ2) is 15.8. The molecule has 0 saturated heterocycles. The Morgan fingerprint density at radius 3 is 2.28 bits per heavy atom. The highest BCUT2D eigenvalue weighted by atomic mass is 32.1. The van der Waals surface area contributed by atoms with Crippen molar-refractivity contribution in [3.8, 4) is 0 Å². The molecule has 1 atom stereocenters. The Bertz CT molecular complexity index is 1110. The maximum Gasteiger partial charge on any atom is 0.202 e. The minimum Gasteiger partial charge on any atom is -0.356 e. The summed E-state index contributed by atoms with van der Waals surface area (Å²) in [5.41, 5.74) is 2.95. The quantitative estimate of drug-likeness (QED) is 0.171. The number of aliphatic imine (C=N–C) groups is 1. The van der Waals surface area contributed by atoms with Crippen LogP contribution in [0.3, 0.4) is 0 Å². The van der Waals surface area contributed by atoms with Crippen LogP contribution in [0.1, 0.15) is 45.7 Å². The minimum atomic E-state index is -1.75. The minimum absolute atomic E-state index is 0.225. The number of nitrogens with zero attached hydrogens (tertiary/aromatic N) is 5. The average Bonchev–Trinajstić information content (AvgIpc) is 3.25. The van der Waals surface area contributed by atoms with E-state index in [1.54, 1.807) is 17.5 Å². The third kappa shape index (κ3) is 13.0. The topological polar surface area (TPSA) is 195 Å².